The van der Waals surface area contributed by atoms with Crippen molar-refractivity contribution in [1.29, 1.82) is 0 Å². The molecule has 0 fully saturated rings. The number of rotatable bonds is 3. The molecule has 0 aliphatic carbocycles. The molecule has 0 unspecified atom stereocenters. The van der Waals surface area contributed by atoms with Crippen LogP contribution in [0.1, 0.15) is 0 Å². The summed E-state index contributed by atoms with van der Waals surface area (Å²) in [7, 11) is 1.83. The summed E-state index contributed by atoms with van der Waals surface area (Å²) in [6.45, 7) is 0. The van der Waals surface area contributed by atoms with Crippen molar-refractivity contribution in [3.8, 4) is 22.6 Å². The Labute approximate surface area is 102 Å². The summed E-state index contributed by atoms with van der Waals surface area (Å²) in [6.07, 6.45) is 3.11. The Balaban J connectivity index is 2.14. The number of nitrogens with zero attached hydrogens (tertiary/aromatic N) is 4. The Kier molecular flexibility index (Phi) is 2.49. The van der Waals surface area contributed by atoms with Crippen LogP contribution in [0.2, 0.25) is 0 Å². The highest BCUT2D eigenvalue weighted by Gasteiger charge is 2.12. The van der Waals surface area contributed by atoms with Gasteiger partial charge in [0.15, 0.2) is 11.5 Å². The van der Waals surface area contributed by atoms with Gasteiger partial charge in [0.05, 0.1) is 12.4 Å². The van der Waals surface area contributed by atoms with Crippen LogP contribution in [0.25, 0.3) is 22.6 Å². The Morgan fingerprint density at radius 2 is 1.72 bits per heavy atom. The number of anilines is 1. The summed E-state index contributed by atoms with van der Waals surface area (Å²) in [5.41, 5.74) is 2.60. The minimum Gasteiger partial charge on any atom is -0.388 e. The molecule has 1 N–H and O–H groups in total. The third-order valence-electron chi connectivity index (χ3n) is 2.56. The van der Waals surface area contributed by atoms with Gasteiger partial charge in [0.2, 0.25) is 0 Å². The largest absolute Gasteiger partial charge is 0.388 e. The predicted octanol–water partition coefficient (Wildman–Crippen LogP) is 1.83. The first-order valence-electron chi connectivity index (χ1n) is 5.26. The van der Waals surface area contributed by atoms with Crippen molar-refractivity contribution in [3.63, 3.8) is 0 Å². The van der Waals surface area contributed by atoms with Gasteiger partial charge in [-0.3, -0.25) is 0 Å². The van der Waals surface area contributed by atoms with E-state index in [9.17, 15) is 0 Å². The molecule has 3 aromatic rings. The van der Waals surface area contributed by atoms with Crippen molar-refractivity contribution in [3.05, 3.63) is 30.6 Å². The lowest BCUT2D eigenvalue weighted by Crippen LogP contribution is -1.91. The molecular formula is C11H9N5O2. The highest BCUT2D eigenvalue weighted by Crippen LogP contribution is 2.31. The lowest BCUT2D eigenvalue weighted by molar-refractivity contribution is 0.402. The lowest BCUT2D eigenvalue weighted by atomic mass is 10.1. The van der Waals surface area contributed by atoms with Gasteiger partial charge in [-0.05, 0) is 18.2 Å². The first-order chi connectivity index (χ1) is 8.88. The Morgan fingerprint density at radius 3 is 2.33 bits per heavy atom. The molecule has 3 rings (SSSR count). The van der Waals surface area contributed by atoms with Crippen LogP contribution in [0.15, 0.2) is 39.6 Å². The van der Waals surface area contributed by atoms with Gasteiger partial charge in [-0.2, -0.15) is 0 Å². The van der Waals surface area contributed by atoms with Crippen LogP contribution in [-0.2, 0) is 0 Å². The molecule has 0 aliphatic rings. The second-order valence-electron chi connectivity index (χ2n) is 3.57. The molecule has 0 bridgehead atoms. The van der Waals surface area contributed by atoms with E-state index in [1.165, 1.54) is 0 Å². The molecule has 0 atom stereocenters. The van der Waals surface area contributed by atoms with Crippen LogP contribution >= 0.6 is 0 Å². The minimum absolute atomic E-state index is 0.577. The van der Waals surface area contributed by atoms with Crippen LogP contribution in [0.5, 0.6) is 0 Å². The number of hydrogen-bond donors (Lipinski definition) is 1. The first kappa shape index (κ1) is 10.5. The van der Waals surface area contributed by atoms with Gasteiger partial charge in [-0.25, -0.2) is 0 Å². The van der Waals surface area contributed by atoms with E-state index >= 15 is 0 Å². The zero-order valence-electron chi connectivity index (χ0n) is 9.49. The van der Waals surface area contributed by atoms with Gasteiger partial charge in [0.25, 0.3) is 0 Å². The van der Waals surface area contributed by atoms with E-state index in [2.05, 4.69) is 26.1 Å². The smallest absolute Gasteiger partial charge is 0.189 e. The molecule has 0 saturated carbocycles. The molecular weight excluding hydrogens is 234 g/mol. The van der Waals surface area contributed by atoms with Crippen LogP contribution in [0, 0.1) is 0 Å². The summed E-state index contributed by atoms with van der Waals surface area (Å²) in [5.74, 6) is 1.17. The fourth-order valence-electron chi connectivity index (χ4n) is 1.70. The summed E-state index contributed by atoms with van der Waals surface area (Å²) in [6, 6.07) is 5.72. The van der Waals surface area contributed by atoms with E-state index in [0.717, 1.165) is 16.8 Å². The van der Waals surface area contributed by atoms with Crippen molar-refractivity contribution in [1.82, 2.24) is 20.7 Å². The number of nitrogens with one attached hydrogen (secondary N) is 1. The van der Waals surface area contributed by atoms with Gasteiger partial charge in [-0.15, -0.1) is 10.2 Å². The number of hydrogen-bond acceptors (Lipinski definition) is 7. The minimum atomic E-state index is 0.577. The summed E-state index contributed by atoms with van der Waals surface area (Å²) in [4.78, 5) is 0. The summed E-state index contributed by atoms with van der Waals surface area (Å²) >= 11 is 0. The zero-order chi connectivity index (χ0) is 12.4. The highest BCUT2D eigenvalue weighted by molar-refractivity contribution is 5.79. The van der Waals surface area contributed by atoms with Crippen molar-refractivity contribution in [2.75, 3.05) is 12.4 Å². The van der Waals surface area contributed by atoms with E-state index in [4.69, 9.17) is 9.05 Å². The van der Waals surface area contributed by atoms with E-state index in [0.29, 0.717) is 11.5 Å². The van der Waals surface area contributed by atoms with Crippen molar-refractivity contribution in [2.24, 2.45) is 0 Å². The molecule has 18 heavy (non-hydrogen) atoms. The third kappa shape index (κ3) is 1.71. The van der Waals surface area contributed by atoms with Crippen LogP contribution in [0.4, 0.5) is 5.69 Å². The maximum atomic E-state index is 5.07. The second kappa shape index (κ2) is 4.28. The molecule has 0 saturated heterocycles. The number of aromatic nitrogens is 4. The monoisotopic (exact) mass is 243 g/mol. The fourth-order valence-corrected chi connectivity index (χ4v) is 1.70. The third-order valence-corrected chi connectivity index (χ3v) is 2.56. The molecule has 0 amide bonds. The van der Waals surface area contributed by atoms with E-state index < -0.39 is 0 Å². The van der Waals surface area contributed by atoms with E-state index in [-0.39, 0.29) is 0 Å². The van der Waals surface area contributed by atoms with Crippen molar-refractivity contribution < 1.29 is 9.05 Å². The molecule has 1 aromatic carbocycles. The van der Waals surface area contributed by atoms with Crippen LogP contribution < -0.4 is 5.32 Å². The Morgan fingerprint density at radius 1 is 1.00 bits per heavy atom. The van der Waals surface area contributed by atoms with Crippen molar-refractivity contribution in [2.45, 2.75) is 0 Å². The first-order valence-corrected chi connectivity index (χ1v) is 5.26. The van der Waals surface area contributed by atoms with Gasteiger partial charge in [0.1, 0.15) is 0 Å². The summed E-state index contributed by atoms with van der Waals surface area (Å²) in [5, 5.41) is 17.3. The predicted molar refractivity (Wildman–Crippen MR) is 62.6 cm³/mol. The Hall–Kier alpha value is -2.70. The van der Waals surface area contributed by atoms with Crippen LogP contribution in [-0.4, -0.2) is 27.8 Å². The molecule has 90 valence electrons. The van der Waals surface area contributed by atoms with Gasteiger partial charge in [0, 0.05) is 34.4 Å². The molecule has 7 heteroatoms. The second-order valence-corrected chi connectivity index (χ2v) is 3.57. The maximum Gasteiger partial charge on any atom is 0.189 e. The van der Waals surface area contributed by atoms with E-state index in [1.807, 2.05) is 25.2 Å². The molecule has 0 aliphatic heterocycles. The normalized spacial score (nSPS) is 10.5. The topological polar surface area (TPSA) is 89.9 Å². The molecule has 0 spiro atoms. The van der Waals surface area contributed by atoms with Crippen molar-refractivity contribution >= 4 is 5.69 Å². The molecule has 2 heterocycles. The Bertz CT molecular complexity index is 634. The quantitative estimate of drug-likeness (QED) is 0.750. The number of benzene rings is 1. The molecule has 2 aromatic heterocycles. The fraction of sp³-hybridized carbons (Fsp3) is 0.0909. The maximum absolute atomic E-state index is 5.07. The average molecular weight is 243 g/mol. The average Bonchev–Trinajstić information content (AvgIpc) is 3.11. The summed E-state index contributed by atoms with van der Waals surface area (Å²) < 4.78 is 10.1. The van der Waals surface area contributed by atoms with E-state index in [1.54, 1.807) is 12.4 Å². The lowest BCUT2D eigenvalue weighted by Gasteiger charge is -2.07. The zero-order valence-corrected chi connectivity index (χ0v) is 9.49. The standard InChI is InChI=1S/C11H9N5O2/c1-12-9-3-2-7(10-5-13-15-17-10)4-8(9)11-6-14-16-18-11/h2-6,12H,1H3. The highest BCUT2D eigenvalue weighted by atomic mass is 16.5. The SMILES string of the molecule is CNc1ccc(-c2cnno2)cc1-c1cnno1. The van der Waals surface area contributed by atoms with Gasteiger partial charge < -0.3 is 14.4 Å². The van der Waals surface area contributed by atoms with Gasteiger partial charge in [-0.1, -0.05) is 0 Å². The molecule has 0 radical (unpaired) electrons. The van der Waals surface area contributed by atoms with Gasteiger partial charge >= 0.3 is 0 Å². The van der Waals surface area contributed by atoms with Crippen LogP contribution in [0.3, 0.4) is 0 Å². The molecule has 7 nitrogen and oxygen atoms in total.